The van der Waals surface area contributed by atoms with Gasteiger partial charge in [0.1, 0.15) is 6.04 Å². The maximum atomic E-state index is 12.6. The van der Waals surface area contributed by atoms with Gasteiger partial charge in [-0.05, 0) is 12.0 Å². The van der Waals surface area contributed by atoms with Crippen LogP contribution in [0.1, 0.15) is 24.8 Å². The topological polar surface area (TPSA) is 69.7 Å². The van der Waals surface area contributed by atoms with Crippen molar-refractivity contribution in [2.45, 2.75) is 31.7 Å². The molecule has 1 unspecified atom stereocenters. The van der Waals surface area contributed by atoms with Crippen molar-refractivity contribution in [3.63, 3.8) is 0 Å². The third-order valence-electron chi connectivity index (χ3n) is 4.69. The Hall–Kier alpha value is -2.37. The summed E-state index contributed by atoms with van der Waals surface area (Å²) in [6.45, 7) is 2.20. The number of hydrogen-bond acceptors (Lipinski definition) is 3. The predicted octanol–water partition coefficient (Wildman–Crippen LogP) is 0.569. The van der Waals surface area contributed by atoms with E-state index in [1.165, 1.54) is 0 Å². The molecular formula is C18H23N3O3. The van der Waals surface area contributed by atoms with Crippen LogP contribution in [0.25, 0.3) is 0 Å². The summed E-state index contributed by atoms with van der Waals surface area (Å²) in [5, 5.41) is 2.84. The Bertz CT molecular complexity index is 617. The van der Waals surface area contributed by atoms with Gasteiger partial charge < -0.3 is 15.1 Å². The van der Waals surface area contributed by atoms with Crippen molar-refractivity contribution < 1.29 is 14.4 Å². The van der Waals surface area contributed by atoms with Crippen molar-refractivity contribution in [3.8, 4) is 0 Å². The molecule has 0 bridgehead atoms. The van der Waals surface area contributed by atoms with Gasteiger partial charge in [0.15, 0.2) is 0 Å². The molecule has 3 rings (SSSR count). The molecule has 0 aliphatic carbocycles. The Morgan fingerprint density at radius 1 is 1.17 bits per heavy atom. The number of likely N-dealkylation sites (tertiary alicyclic amines) is 1. The van der Waals surface area contributed by atoms with Gasteiger partial charge in [0.2, 0.25) is 17.7 Å². The minimum absolute atomic E-state index is 0.0505. The van der Waals surface area contributed by atoms with Crippen LogP contribution in [-0.2, 0) is 20.8 Å². The van der Waals surface area contributed by atoms with Gasteiger partial charge in [0.25, 0.3) is 0 Å². The number of nitrogens with zero attached hydrogens (tertiary/aromatic N) is 2. The Labute approximate surface area is 141 Å². The fourth-order valence-corrected chi connectivity index (χ4v) is 3.37. The molecule has 24 heavy (non-hydrogen) atoms. The van der Waals surface area contributed by atoms with E-state index in [0.29, 0.717) is 32.5 Å². The van der Waals surface area contributed by atoms with Gasteiger partial charge in [-0.15, -0.1) is 0 Å². The average Bonchev–Trinajstić information content (AvgIpc) is 3.00. The normalized spacial score (nSPS) is 21.1. The van der Waals surface area contributed by atoms with Gasteiger partial charge in [-0.1, -0.05) is 30.3 Å². The summed E-state index contributed by atoms with van der Waals surface area (Å²) in [6, 6.07) is 9.26. The van der Waals surface area contributed by atoms with Crippen molar-refractivity contribution in [1.82, 2.24) is 15.1 Å². The van der Waals surface area contributed by atoms with Crippen molar-refractivity contribution in [2.24, 2.45) is 0 Å². The third-order valence-corrected chi connectivity index (χ3v) is 4.69. The van der Waals surface area contributed by atoms with E-state index in [4.69, 9.17) is 0 Å². The lowest BCUT2D eigenvalue weighted by atomic mass is 10.0. The molecule has 6 heteroatoms. The molecule has 0 aromatic heterocycles. The van der Waals surface area contributed by atoms with Crippen LogP contribution in [0.5, 0.6) is 0 Å². The lowest BCUT2D eigenvalue weighted by molar-refractivity contribution is -0.143. The van der Waals surface area contributed by atoms with Gasteiger partial charge in [-0.3, -0.25) is 14.4 Å². The Balaban J connectivity index is 1.63. The quantitative estimate of drug-likeness (QED) is 0.858. The average molecular weight is 329 g/mol. The molecule has 2 heterocycles. The summed E-state index contributed by atoms with van der Waals surface area (Å²) in [7, 11) is 0. The van der Waals surface area contributed by atoms with Crippen LogP contribution in [0.3, 0.4) is 0 Å². The fourth-order valence-electron chi connectivity index (χ4n) is 3.37. The second-order valence-electron chi connectivity index (χ2n) is 6.32. The van der Waals surface area contributed by atoms with E-state index < -0.39 is 6.04 Å². The number of benzene rings is 1. The number of nitrogens with one attached hydrogen (secondary N) is 1. The molecule has 3 amide bonds. The predicted molar refractivity (Wildman–Crippen MR) is 89.1 cm³/mol. The van der Waals surface area contributed by atoms with Crippen LogP contribution in [0.15, 0.2) is 30.3 Å². The van der Waals surface area contributed by atoms with E-state index in [0.717, 1.165) is 18.5 Å². The first-order chi connectivity index (χ1) is 11.6. The number of rotatable bonds is 5. The first kappa shape index (κ1) is 16.5. The third kappa shape index (κ3) is 3.75. The number of piperazine rings is 1. The number of amides is 3. The summed E-state index contributed by atoms with van der Waals surface area (Å²) < 4.78 is 0. The van der Waals surface area contributed by atoms with E-state index in [-0.39, 0.29) is 24.1 Å². The zero-order valence-corrected chi connectivity index (χ0v) is 13.7. The summed E-state index contributed by atoms with van der Waals surface area (Å²) in [5.74, 6) is -0.0267. The van der Waals surface area contributed by atoms with Gasteiger partial charge in [0.05, 0.1) is 0 Å². The highest BCUT2D eigenvalue weighted by Gasteiger charge is 2.33. The minimum atomic E-state index is -0.470. The smallest absolute Gasteiger partial charge is 0.243 e. The van der Waals surface area contributed by atoms with Crippen LogP contribution >= 0.6 is 0 Å². The number of carbonyl (C=O) groups is 3. The zero-order valence-electron chi connectivity index (χ0n) is 13.7. The molecule has 2 fully saturated rings. The number of carbonyl (C=O) groups excluding carboxylic acids is 3. The van der Waals surface area contributed by atoms with E-state index in [9.17, 15) is 14.4 Å². The first-order valence-corrected chi connectivity index (χ1v) is 8.54. The molecule has 2 aliphatic rings. The molecule has 0 spiro atoms. The molecule has 0 saturated carbocycles. The van der Waals surface area contributed by atoms with Crippen molar-refractivity contribution in [3.05, 3.63) is 35.9 Å². The van der Waals surface area contributed by atoms with Crippen LogP contribution < -0.4 is 5.32 Å². The van der Waals surface area contributed by atoms with E-state index in [2.05, 4.69) is 5.32 Å². The lowest BCUT2D eigenvalue weighted by Crippen LogP contribution is -2.58. The summed E-state index contributed by atoms with van der Waals surface area (Å²) >= 11 is 0. The Kier molecular flexibility index (Phi) is 5.13. The fraction of sp³-hybridized carbons (Fsp3) is 0.500. The molecular weight excluding hydrogens is 306 g/mol. The second-order valence-corrected chi connectivity index (χ2v) is 6.32. The molecule has 6 nitrogen and oxygen atoms in total. The molecule has 2 saturated heterocycles. The van der Waals surface area contributed by atoms with Crippen molar-refractivity contribution in [2.75, 3.05) is 26.2 Å². The molecule has 1 N–H and O–H groups in total. The maximum absolute atomic E-state index is 12.6. The monoisotopic (exact) mass is 329 g/mol. The van der Waals surface area contributed by atoms with Crippen LogP contribution in [0.4, 0.5) is 0 Å². The van der Waals surface area contributed by atoms with Gasteiger partial charge in [0, 0.05) is 45.4 Å². The molecule has 1 aromatic rings. The maximum Gasteiger partial charge on any atom is 0.243 e. The van der Waals surface area contributed by atoms with Gasteiger partial charge >= 0.3 is 0 Å². The van der Waals surface area contributed by atoms with Crippen molar-refractivity contribution in [1.29, 1.82) is 0 Å². The van der Waals surface area contributed by atoms with Crippen LogP contribution in [0.2, 0.25) is 0 Å². The second kappa shape index (κ2) is 7.47. The largest absolute Gasteiger partial charge is 0.353 e. The highest BCUT2D eigenvalue weighted by Crippen LogP contribution is 2.15. The lowest BCUT2D eigenvalue weighted by Gasteiger charge is -2.35. The highest BCUT2D eigenvalue weighted by atomic mass is 16.2. The van der Waals surface area contributed by atoms with Gasteiger partial charge in [-0.25, -0.2) is 0 Å². The van der Waals surface area contributed by atoms with E-state index >= 15 is 0 Å². The van der Waals surface area contributed by atoms with Gasteiger partial charge in [-0.2, -0.15) is 0 Å². The minimum Gasteiger partial charge on any atom is -0.353 e. The SMILES string of the molecule is O=C1NCCN(C(=O)CCN2CCCC2=O)C1Cc1ccccc1. The molecule has 1 atom stereocenters. The highest BCUT2D eigenvalue weighted by molar-refractivity contribution is 5.89. The molecule has 2 aliphatic heterocycles. The van der Waals surface area contributed by atoms with Crippen LogP contribution in [0, 0.1) is 0 Å². The van der Waals surface area contributed by atoms with E-state index in [1.54, 1.807) is 9.80 Å². The summed E-state index contributed by atoms with van der Waals surface area (Å²) in [4.78, 5) is 39.9. The summed E-state index contributed by atoms with van der Waals surface area (Å²) in [6.07, 6.45) is 2.25. The van der Waals surface area contributed by atoms with E-state index in [1.807, 2.05) is 30.3 Å². The Morgan fingerprint density at radius 2 is 1.96 bits per heavy atom. The number of hydrogen-bond donors (Lipinski definition) is 1. The molecule has 0 radical (unpaired) electrons. The standard InChI is InChI=1S/C18H23N3O3/c22-16-7-4-10-20(16)11-8-17(23)21-12-9-19-18(24)15(21)13-14-5-2-1-3-6-14/h1-3,5-6,15H,4,7-13H2,(H,19,24). The summed E-state index contributed by atoms with van der Waals surface area (Å²) in [5.41, 5.74) is 1.03. The first-order valence-electron chi connectivity index (χ1n) is 8.54. The van der Waals surface area contributed by atoms with Crippen LogP contribution in [-0.4, -0.2) is 59.7 Å². The Morgan fingerprint density at radius 3 is 2.67 bits per heavy atom. The zero-order chi connectivity index (χ0) is 16.9. The molecule has 128 valence electrons. The van der Waals surface area contributed by atoms with Crippen molar-refractivity contribution >= 4 is 17.7 Å². The molecule has 1 aromatic carbocycles.